The number of aliphatic imine (C=N–C) groups is 1. The Morgan fingerprint density at radius 3 is 3.00 bits per heavy atom. The Balaban J connectivity index is 2.73. The van der Waals surface area contributed by atoms with Gasteiger partial charge in [-0.3, -0.25) is 0 Å². The molecular weight excluding hydrogens is 246 g/mol. The standard InChI is InChI=1S/C10H10BrNO2/c1-14-10-6-8(2-3-9(10)11)4-5-12-7-13/h2-3,6H,4-5H2,1H3. The normalized spacial score (nSPS) is 9.29. The predicted octanol–water partition coefficient (Wildman–Crippen LogP) is 2.34. The van der Waals surface area contributed by atoms with Crippen LogP contribution in [0.1, 0.15) is 5.56 Å². The van der Waals surface area contributed by atoms with Gasteiger partial charge < -0.3 is 4.74 Å². The molecule has 0 aromatic heterocycles. The van der Waals surface area contributed by atoms with Gasteiger partial charge in [0.05, 0.1) is 18.1 Å². The number of methoxy groups -OCH3 is 1. The van der Waals surface area contributed by atoms with Crippen molar-refractivity contribution in [3.8, 4) is 5.75 Å². The highest BCUT2D eigenvalue weighted by Gasteiger charge is 2.00. The number of isocyanates is 1. The van der Waals surface area contributed by atoms with Crippen LogP contribution >= 0.6 is 15.9 Å². The molecule has 0 saturated heterocycles. The number of rotatable bonds is 4. The summed E-state index contributed by atoms with van der Waals surface area (Å²) >= 11 is 3.36. The van der Waals surface area contributed by atoms with E-state index in [-0.39, 0.29) is 0 Å². The Morgan fingerprint density at radius 2 is 2.36 bits per heavy atom. The van der Waals surface area contributed by atoms with E-state index in [9.17, 15) is 4.79 Å². The molecule has 3 nitrogen and oxygen atoms in total. The van der Waals surface area contributed by atoms with Crippen LogP contribution in [0, 0.1) is 0 Å². The number of hydrogen-bond donors (Lipinski definition) is 0. The van der Waals surface area contributed by atoms with Gasteiger partial charge in [-0.2, -0.15) is 0 Å². The first-order chi connectivity index (χ1) is 6.77. The summed E-state index contributed by atoms with van der Waals surface area (Å²) in [4.78, 5) is 13.3. The second-order valence-corrected chi connectivity index (χ2v) is 3.55. The lowest BCUT2D eigenvalue weighted by Crippen LogP contribution is -1.91. The molecular formula is C10H10BrNO2. The van der Waals surface area contributed by atoms with E-state index in [0.717, 1.165) is 22.2 Å². The van der Waals surface area contributed by atoms with Crippen molar-refractivity contribution < 1.29 is 9.53 Å². The Bertz CT molecular complexity index is 359. The van der Waals surface area contributed by atoms with Gasteiger partial charge in [-0.25, -0.2) is 9.79 Å². The van der Waals surface area contributed by atoms with Crippen LogP contribution in [0.5, 0.6) is 5.75 Å². The van der Waals surface area contributed by atoms with Gasteiger partial charge in [-0.15, -0.1) is 0 Å². The van der Waals surface area contributed by atoms with Crippen LogP contribution in [0.4, 0.5) is 0 Å². The van der Waals surface area contributed by atoms with Gasteiger partial charge in [-0.1, -0.05) is 6.07 Å². The van der Waals surface area contributed by atoms with E-state index in [1.165, 1.54) is 6.08 Å². The fraction of sp³-hybridized carbons (Fsp3) is 0.300. The molecule has 0 radical (unpaired) electrons. The third-order valence-corrected chi connectivity index (χ3v) is 2.45. The summed E-state index contributed by atoms with van der Waals surface area (Å²) in [7, 11) is 1.62. The molecule has 0 aliphatic rings. The molecule has 0 aliphatic heterocycles. The first kappa shape index (κ1) is 11.0. The van der Waals surface area contributed by atoms with Crippen LogP contribution in [0.25, 0.3) is 0 Å². The third kappa shape index (κ3) is 2.98. The zero-order valence-electron chi connectivity index (χ0n) is 7.79. The van der Waals surface area contributed by atoms with Crippen LogP contribution < -0.4 is 4.74 Å². The van der Waals surface area contributed by atoms with Crippen molar-refractivity contribution in [2.45, 2.75) is 6.42 Å². The molecule has 1 aromatic carbocycles. The lowest BCUT2D eigenvalue weighted by atomic mass is 10.1. The van der Waals surface area contributed by atoms with Crippen molar-refractivity contribution >= 4 is 22.0 Å². The quantitative estimate of drug-likeness (QED) is 0.612. The fourth-order valence-corrected chi connectivity index (χ4v) is 1.50. The van der Waals surface area contributed by atoms with E-state index in [1.54, 1.807) is 7.11 Å². The summed E-state index contributed by atoms with van der Waals surface area (Å²) in [6.45, 7) is 0.467. The van der Waals surface area contributed by atoms with Gasteiger partial charge in [0.1, 0.15) is 5.75 Å². The monoisotopic (exact) mass is 255 g/mol. The Labute approximate surface area is 90.9 Å². The second-order valence-electron chi connectivity index (χ2n) is 2.69. The number of halogens is 1. The smallest absolute Gasteiger partial charge is 0.234 e. The van der Waals surface area contributed by atoms with Crippen LogP contribution in [0.2, 0.25) is 0 Å². The molecule has 0 amide bonds. The Morgan fingerprint density at radius 1 is 1.57 bits per heavy atom. The largest absolute Gasteiger partial charge is 0.496 e. The molecule has 0 bridgehead atoms. The van der Waals surface area contributed by atoms with E-state index in [2.05, 4.69) is 20.9 Å². The van der Waals surface area contributed by atoms with Gasteiger partial charge >= 0.3 is 0 Å². The highest BCUT2D eigenvalue weighted by atomic mass is 79.9. The Hall–Kier alpha value is -1.12. The summed E-state index contributed by atoms with van der Waals surface area (Å²) in [5, 5.41) is 0. The first-order valence-corrected chi connectivity index (χ1v) is 4.93. The minimum Gasteiger partial charge on any atom is -0.496 e. The van der Waals surface area contributed by atoms with Crippen molar-refractivity contribution in [3.63, 3.8) is 0 Å². The van der Waals surface area contributed by atoms with E-state index in [0.29, 0.717) is 6.54 Å². The summed E-state index contributed by atoms with van der Waals surface area (Å²) < 4.78 is 6.06. The number of hydrogen-bond acceptors (Lipinski definition) is 3. The van der Waals surface area contributed by atoms with Crippen molar-refractivity contribution in [2.24, 2.45) is 4.99 Å². The predicted molar refractivity (Wildman–Crippen MR) is 57.4 cm³/mol. The molecule has 0 fully saturated rings. The summed E-state index contributed by atoms with van der Waals surface area (Å²) in [5.41, 5.74) is 1.09. The van der Waals surface area contributed by atoms with Gasteiger partial charge in [0, 0.05) is 0 Å². The lowest BCUT2D eigenvalue weighted by Gasteiger charge is -2.05. The fourth-order valence-electron chi connectivity index (χ4n) is 1.09. The van der Waals surface area contributed by atoms with Gasteiger partial charge in [0.15, 0.2) is 0 Å². The molecule has 1 rings (SSSR count). The maximum atomic E-state index is 9.85. The average molecular weight is 256 g/mol. The maximum absolute atomic E-state index is 9.85. The number of carbonyl (C=O) groups excluding carboxylic acids is 1. The van der Waals surface area contributed by atoms with E-state index >= 15 is 0 Å². The lowest BCUT2D eigenvalue weighted by molar-refractivity contribution is 0.411. The molecule has 1 aromatic rings. The van der Waals surface area contributed by atoms with Crippen molar-refractivity contribution in [2.75, 3.05) is 13.7 Å². The van der Waals surface area contributed by atoms with E-state index in [4.69, 9.17) is 4.74 Å². The highest BCUT2D eigenvalue weighted by molar-refractivity contribution is 9.10. The molecule has 0 N–H and O–H groups in total. The van der Waals surface area contributed by atoms with E-state index < -0.39 is 0 Å². The second kappa shape index (κ2) is 5.58. The Kier molecular flexibility index (Phi) is 4.36. The number of nitrogens with zero attached hydrogens (tertiary/aromatic N) is 1. The van der Waals surface area contributed by atoms with Crippen LogP contribution in [0.3, 0.4) is 0 Å². The van der Waals surface area contributed by atoms with Crippen molar-refractivity contribution in [1.82, 2.24) is 0 Å². The minimum absolute atomic E-state index is 0.467. The van der Waals surface area contributed by atoms with Crippen LogP contribution in [-0.2, 0) is 11.2 Å². The summed E-state index contributed by atoms with van der Waals surface area (Å²) in [6.07, 6.45) is 2.23. The topological polar surface area (TPSA) is 38.7 Å². The van der Waals surface area contributed by atoms with Gasteiger partial charge in [0.25, 0.3) is 0 Å². The molecule has 0 aliphatic carbocycles. The molecule has 0 atom stereocenters. The van der Waals surface area contributed by atoms with Crippen LogP contribution in [-0.4, -0.2) is 19.7 Å². The molecule has 14 heavy (non-hydrogen) atoms. The third-order valence-electron chi connectivity index (χ3n) is 1.79. The van der Waals surface area contributed by atoms with E-state index in [1.807, 2.05) is 18.2 Å². The molecule has 4 heteroatoms. The molecule has 0 unspecified atom stereocenters. The summed E-state index contributed by atoms with van der Waals surface area (Å²) in [5.74, 6) is 0.789. The molecule has 0 spiro atoms. The maximum Gasteiger partial charge on any atom is 0.234 e. The minimum atomic E-state index is 0.467. The average Bonchev–Trinajstić information content (AvgIpc) is 2.21. The molecule has 0 saturated carbocycles. The number of ether oxygens (including phenoxy) is 1. The van der Waals surface area contributed by atoms with Crippen molar-refractivity contribution in [1.29, 1.82) is 0 Å². The highest BCUT2D eigenvalue weighted by Crippen LogP contribution is 2.25. The SMILES string of the molecule is COc1cc(CCN=C=O)ccc1Br. The first-order valence-electron chi connectivity index (χ1n) is 4.14. The summed E-state index contributed by atoms with van der Waals surface area (Å²) in [6, 6.07) is 5.80. The molecule has 0 heterocycles. The molecule has 74 valence electrons. The van der Waals surface area contributed by atoms with Crippen molar-refractivity contribution in [3.05, 3.63) is 28.2 Å². The van der Waals surface area contributed by atoms with Crippen LogP contribution in [0.15, 0.2) is 27.7 Å². The zero-order chi connectivity index (χ0) is 10.4. The zero-order valence-corrected chi connectivity index (χ0v) is 9.37. The number of benzene rings is 1. The van der Waals surface area contributed by atoms with Gasteiger partial charge in [-0.05, 0) is 40.0 Å². The van der Waals surface area contributed by atoms with Gasteiger partial charge in [0.2, 0.25) is 6.08 Å².